The highest BCUT2D eigenvalue weighted by Gasteiger charge is 2.36. The number of nitrogens with zero attached hydrogens (tertiary/aromatic N) is 3. The summed E-state index contributed by atoms with van der Waals surface area (Å²) in [6, 6.07) is 7.01. The van der Waals surface area contributed by atoms with Crippen LogP contribution in [-0.2, 0) is 0 Å². The van der Waals surface area contributed by atoms with E-state index < -0.39 is 11.8 Å². The van der Waals surface area contributed by atoms with E-state index in [0.29, 0.717) is 23.1 Å². The Hall–Kier alpha value is -1.59. The molecule has 1 N–H and O–H groups in total. The summed E-state index contributed by atoms with van der Waals surface area (Å²) in [6.07, 6.45) is 2.87. The molecule has 2 rings (SSSR count). The molecule has 0 saturated carbocycles. The standard InChI is InChI=1S/C15H20ClN3O2/c1-11(2)8-15(3,20)14(19-10-17-9-18-19)21-13-6-4-12(16)5-7-13/h4-7,9-11,14,20H,8H2,1-3H3. The van der Waals surface area contributed by atoms with E-state index in [1.807, 2.05) is 0 Å². The number of benzene rings is 1. The van der Waals surface area contributed by atoms with Gasteiger partial charge in [-0.3, -0.25) is 0 Å². The van der Waals surface area contributed by atoms with Crippen LogP contribution in [0.3, 0.4) is 0 Å². The van der Waals surface area contributed by atoms with E-state index in [0.717, 1.165) is 0 Å². The third kappa shape index (κ3) is 4.19. The average molecular weight is 310 g/mol. The SMILES string of the molecule is CC(C)CC(C)(O)C(Oc1ccc(Cl)cc1)n1cncn1. The lowest BCUT2D eigenvalue weighted by Crippen LogP contribution is -2.41. The molecule has 0 aliphatic rings. The van der Waals surface area contributed by atoms with Gasteiger partial charge in [0.2, 0.25) is 6.23 Å². The minimum Gasteiger partial charge on any atom is -0.466 e. The molecular weight excluding hydrogens is 290 g/mol. The van der Waals surface area contributed by atoms with Crippen LogP contribution in [0.2, 0.25) is 5.02 Å². The number of aromatic nitrogens is 3. The second kappa shape index (κ2) is 6.45. The lowest BCUT2D eigenvalue weighted by atomic mass is 9.92. The van der Waals surface area contributed by atoms with Gasteiger partial charge in [-0.2, -0.15) is 5.10 Å². The molecule has 1 aromatic carbocycles. The van der Waals surface area contributed by atoms with Crippen molar-refractivity contribution in [2.45, 2.75) is 39.0 Å². The van der Waals surface area contributed by atoms with E-state index in [2.05, 4.69) is 23.9 Å². The van der Waals surface area contributed by atoms with E-state index in [1.165, 1.54) is 17.3 Å². The molecule has 0 amide bonds. The molecular formula is C15H20ClN3O2. The van der Waals surface area contributed by atoms with Crippen LogP contribution in [0.25, 0.3) is 0 Å². The highest BCUT2D eigenvalue weighted by Crippen LogP contribution is 2.31. The minimum atomic E-state index is -1.08. The van der Waals surface area contributed by atoms with Crippen LogP contribution in [0.15, 0.2) is 36.9 Å². The van der Waals surface area contributed by atoms with Gasteiger partial charge in [-0.1, -0.05) is 25.4 Å². The highest BCUT2D eigenvalue weighted by atomic mass is 35.5. The fourth-order valence-electron chi connectivity index (χ4n) is 2.37. The second-order valence-electron chi connectivity index (χ2n) is 5.75. The van der Waals surface area contributed by atoms with Gasteiger partial charge in [-0.15, -0.1) is 0 Å². The van der Waals surface area contributed by atoms with E-state index >= 15 is 0 Å². The summed E-state index contributed by atoms with van der Waals surface area (Å²) >= 11 is 5.87. The predicted octanol–water partition coefficient (Wildman–Crippen LogP) is 3.31. The van der Waals surface area contributed by atoms with Crippen molar-refractivity contribution in [2.75, 3.05) is 0 Å². The molecule has 0 aliphatic heterocycles. The summed E-state index contributed by atoms with van der Waals surface area (Å²) in [5.41, 5.74) is -1.08. The third-order valence-corrected chi connectivity index (χ3v) is 3.34. The maximum atomic E-state index is 10.8. The first-order chi connectivity index (χ1) is 9.88. The third-order valence-electron chi connectivity index (χ3n) is 3.09. The fourth-order valence-corrected chi connectivity index (χ4v) is 2.50. The zero-order chi connectivity index (χ0) is 15.5. The van der Waals surface area contributed by atoms with Crippen molar-refractivity contribution >= 4 is 11.6 Å². The quantitative estimate of drug-likeness (QED) is 0.889. The van der Waals surface area contributed by atoms with Gasteiger partial charge in [-0.05, 0) is 43.5 Å². The van der Waals surface area contributed by atoms with Crippen LogP contribution in [0.5, 0.6) is 5.75 Å². The lowest BCUT2D eigenvalue weighted by Gasteiger charge is -2.34. The van der Waals surface area contributed by atoms with Gasteiger partial charge < -0.3 is 9.84 Å². The van der Waals surface area contributed by atoms with Gasteiger partial charge >= 0.3 is 0 Å². The molecule has 114 valence electrons. The van der Waals surface area contributed by atoms with Crippen LogP contribution >= 0.6 is 11.6 Å². The Morgan fingerprint density at radius 2 is 2.00 bits per heavy atom. The summed E-state index contributed by atoms with van der Waals surface area (Å²) in [6.45, 7) is 5.85. The van der Waals surface area contributed by atoms with Crippen LogP contribution in [0.4, 0.5) is 0 Å². The smallest absolute Gasteiger partial charge is 0.221 e. The normalized spacial score (nSPS) is 15.7. The van der Waals surface area contributed by atoms with Crippen molar-refractivity contribution in [1.82, 2.24) is 14.8 Å². The molecule has 0 spiro atoms. The van der Waals surface area contributed by atoms with Gasteiger partial charge in [-0.25, -0.2) is 9.67 Å². The van der Waals surface area contributed by atoms with E-state index in [4.69, 9.17) is 16.3 Å². The second-order valence-corrected chi connectivity index (χ2v) is 6.19. The fraction of sp³-hybridized carbons (Fsp3) is 0.467. The summed E-state index contributed by atoms with van der Waals surface area (Å²) in [5.74, 6) is 0.934. The van der Waals surface area contributed by atoms with Crippen molar-refractivity contribution in [1.29, 1.82) is 0 Å². The van der Waals surface area contributed by atoms with Crippen molar-refractivity contribution in [2.24, 2.45) is 5.92 Å². The number of hydrogen-bond acceptors (Lipinski definition) is 4. The molecule has 0 fully saturated rings. The van der Waals surface area contributed by atoms with Gasteiger partial charge in [0.25, 0.3) is 0 Å². The first-order valence-corrected chi connectivity index (χ1v) is 7.25. The Balaban J connectivity index is 2.26. The predicted molar refractivity (Wildman–Crippen MR) is 81.2 cm³/mol. The first kappa shape index (κ1) is 15.8. The molecule has 1 heterocycles. The molecule has 2 atom stereocenters. The van der Waals surface area contributed by atoms with Gasteiger partial charge in [0.15, 0.2) is 0 Å². The maximum Gasteiger partial charge on any atom is 0.221 e. The molecule has 5 nitrogen and oxygen atoms in total. The van der Waals surface area contributed by atoms with Crippen LogP contribution in [-0.4, -0.2) is 25.5 Å². The first-order valence-electron chi connectivity index (χ1n) is 6.87. The van der Waals surface area contributed by atoms with Crippen molar-refractivity contribution < 1.29 is 9.84 Å². The molecule has 0 aliphatic carbocycles. The minimum absolute atomic E-state index is 0.319. The molecule has 0 radical (unpaired) electrons. The number of rotatable bonds is 6. The van der Waals surface area contributed by atoms with E-state index in [9.17, 15) is 5.11 Å². The zero-order valence-corrected chi connectivity index (χ0v) is 13.2. The number of halogens is 1. The summed E-state index contributed by atoms with van der Waals surface area (Å²) in [4.78, 5) is 3.93. The highest BCUT2D eigenvalue weighted by molar-refractivity contribution is 6.30. The summed E-state index contributed by atoms with van der Waals surface area (Å²) in [5, 5.41) is 15.5. The summed E-state index contributed by atoms with van der Waals surface area (Å²) in [7, 11) is 0. The average Bonchev–Trinajstić information content (AvgIpc) is 2.89. The Morgan fingerprint density at radius 1 is 1.33 bits per heavy atom. The van der Waals surface area contributed by atoms with Gasteiger partial charge in [0.05, 0.1) is 0 Å². The Kier molecular flexibility index (Phi) is 4.85. The lowest BCUT2D eigenvalue weighted by molar-refractivity contribution is -0.103. The van der Waals surface area contributed by atoms with Crippen molar-refractivity contribution in [3.8, 4) is 5.75 Å². The summed E-state index contributed by atoms with van der Waals surface area (Å²) < 4.78 is 7.46. The Bertz CT molecular complexity index is 553. The van der Waals surface area contributed by atoms with Gasteiger partial charge in [0.1, 0.15) is 24.0 Å². The maximum absolute atomic E-state index is 10.8. The topological polar surface area (TPSA) is 60.2 Å². The van der Waals surface area contributed by atoms with E-state index in [-0.39, 0.29) is 0 Å². The number of aliphatic hydroxyl groups is 1. The van der Waals surface area contributed by atoms with Gasteiger partial charge in [0, 0.05) is 5.02 Å². The molecule has 21 heavy (non-hydrogen) atoms. The van der Waals surface area contributed by atoms with Crippen LogP contribution in [0, 0.1) is 5.92 Å². The number of hydrogen-bond donors (Lipinski definition) is 1. The Morgan fingerprint density at radius 3 is 2.52 bits per heavy atom. The Labute approximate surface area is 129 Å². The monoisotopic (exact) mass is 309 g/mol. The van der Waals surface area contributed by atoms with E-state index in [1.54, 1.807) is 31.2 Å². The molecule has 2 unspecified atom stereocenters. The van der Waals surface area contributed by atoms with Crippen LogP contribution in [0.1, 0.15) is 33.4 Å². The number of ether oxygens (including phenoxy) is 1. The molecule has 0 bridgehead atoms. The molecule has 2 aromatic rings. The molecule has 0 saturated heterocycles. The largest absolute Gasteiger partial charge is 0.466 e. The zero-order valence-electron chi connectivity index (χ0n) is 12.4. The van der Waals surface area contributed by atoms with Crippen LogP contribution < -0.4 is 4.74 Å². The molecule has 6 heteroatoms. The van der Waals surface area contributed by atoms with Crippen molar-refractivity contribution in [3.05, 3.63) is 41.9 Å². The molecule has 1 aromatic heterocycles. The van der Waals surface area contributed by atoms with Crippen molar-refractivity contribution in [3.63, 3.8) is 0 Å².